The molecule has 4 nitrogen and oxygen atoms in total. The Morgan fingerprint density at radius 3 is 0.889 bits per heavy atom. The quantitative estimate of drug-likeness (QED) is 0.647. The van der Waals surface area contributed by atoms with Gasteiger partial charge in [0.25, 0.3) is 0 Å². The molecule has 0 rings (SSSR count). The SMILES string of the molecule is ClOCl.ClOCl.O=S=O. The largest absolute Gasteiger partial charge is 0.335 e. The van der Waals surface area contributed by atoms with E-state index in [9.17, 15) is 0 Å². The normalized spacial score (nSPS) is 5.33. The van der Waals surface area contributed by atoms with Crippen LogP contribution < -0.4 is 0 Å². The van der Waals surface area contributed by atoms with Crippen LogP contribution in [0.2, 0.25) is 0 Å². The van der Waals surface area contributed by atoms with Gasteiger partial charge < -0.3 is 0 Å². The van der Waals surface area contributed by atoms with Crippen LogP contribution in [0.25, 0.3) is 0 Å². The van der Waals surface area contributed by atoms with E-state index in [2.05, 4.69) is 55.1 Å². The van der Waals surface area contributed by atoms with Crippen molar-refractivity contribution in [2.24, 2.45) is 0 Å². The van der Waals surface area contributed by atoms with E-state index in [4.69, 9.17) is 8.42 Å². The fourth-order valence-electron chi connectivity index (χ4n) is 0. The molecule has 0 bridgehead atoms. The summed E-state index contributed by atoms with van der Waals surface area (Å²) < 4.78 is 23.0. The molecule has 0 amide bonds. The lowest BCUT2D eigenvalue weighted by Gasteiger charge is -1.46. The molecule has 58 valence electrons. The van der Waals surface area contributed by atoms with Gasteiger partial charge in [-0.15, -0.1) is 0 Å². The molecular weight excluding hydrogens is 238 g/mol. The van der Waals surface area contributed by atoms with Gasteiger partial charge in [-0.05, 0) is 0 Å². The van der Waals surface area contributed by atoms with Crippen LogP contribution in [0.15, 0.2) is 0 Å². The van der Waals surface area contributed by atoms with E-state index in [-0.39, 0.29) is 0 Å². The first-order valence-corrected chi connectivity index (χ1v) is 2.85. The van der Waals surface area contributed by atoms with Gasteiger partial charge in [-0.2, -0.15) is 16.1 Å². The topological polar surface area (TPSA) is 52.6 Å². The van der Waals surface area contributed by atoms with Crippen LogP contribution in [-0.2, 0) is 19.3 Å². The van der Waals surface area contributed by atoms with Crippen molar-refractivity contribution in [2.45, 2.75) is 0 Å². The molecule has 0 aliphatic heterocycles. The van der Waals surface area contributed by atoms with Gasteiger partial charge in [-0.1, -0.05) is 0 Å². The van der Waals surface area contributed by atoms with Gasteiger partial charge in [0.15, 0.2) is 0 Å². The number of hydrogen-bond acceptors (Lipinski definition) is 4. The maximum Gasteiger partial charge on any atom is 0.335 e. The van der Waals surface area contributed by atoms with Gasteiger partial charge in [0.1, 0.15) is 0 Å². The van der Waals surface area contributed by atoms with Gasteiger partial charge >= 0.3 is 11.6 Å². The molecule has 0 heterocycles. The Hall–Kier alpha value is 0.900. The standard InChI is InChI=1S/2Cl2O.O2S/c3*1-3-2. The molecule has 0 N–H and O–H groups in total. The lowest BCUT2D eigenvalue weighted by atomic mass is 15.9. The zero-order valence-corrected chi connectivity index (χ0v) is 7.39. The van der Waals surface area contributed by atoms with Gasteiger partial charge in [-0.3, -0.25) is 0 Å². The summed E-state index contributed by atoms with van der Waals surface area (Å²) in [7, 11) is 0. The molecule has 0 aromatic heterocycles. The molecule has 0 atom stereocenters. The Balaban J connectivity index is -0.0000000600. The third-order valence-electron chi connectivity index (χ3n) is 0. The summed E-state index contributed by atoms with van der Waals surface area (Å²) in [5.74, 6) is 0. The van der Waals surface area contributed by atoms with E-state index in [1.807, 2.05) is 0 Å². The summed E-state index contributed by atoms with van der Waals surface area (Å²) in [5, 5.41) is 0. The minimum Gasteiger partial charge on any atom is -0.168 e. The van der Waals surface area contributed by atoms with Crippen LogP contribution in [0.5, 0.6) is 0 Å². The molecule has 0 saturated heterocycles. The van der Waals surface area contributed by atoms with Crippen LogP contribution in [0.1, 0.15) is 0 Å². The molecule has 0 spiro atoms. The molecule has 0 aromatic carbocycles. The van der Waals surface area contributed by atoms with Crippen LogP contribution in [-0.4, -0.2) is 8.42 Å². The van der Waals surface area contributed by atoms with Crippen molar-refractivity contribution in [3.05, 3.63) is 0 Å². The summed E-state index contributed by atoms with van der Waals surface area (Å²) in [6.07, 6.45) is 0. The van der Waals surface area contributed by atoms with Crippen LogP contribution in [0.3, 0.4) is 0 Å². The average Bonchev–Trinajstić information content (AvgIpc) is 1.70. The molecule has 0 unspecified atom stereocenters. The highest BCUT2D eigenvalue weighted by Crippen LogP contribution is 1.78. The zero-order chi connectivity index (χ0) is 8.12. The monoisotopic (exact) mass is 236 g/mol. The van der Waals surface area contributed by atoms with Crippen molar-refractivity contribution >= 4 is 59.0 Å². The summed E-state index contributed by atoms with van der Waals surface area (Å²) in [4.78, 5) is 0. The van der Waals surface area contributed by atoms with Gasteiger partial charge in [0.05, 0.1) is 47.5 Å². The fourth-order valence-corrected chi connectivity index (χ4v) is 0. The predicted molar refractivity (Wildman–Crippen MR) is 34.5 cm³/mol. The Morgan fingerprint density at radius 1 is 0.889 bits per heavy atom. The van der Waals surface area contributed by atoms with E-state index in [1.54, 1.807) is 0 Å². The summed E-state index contributed by atoms with van der Waals surface area (Å²) in [6, 6.07) is 0. The fraction of sp³-hybridized carbons (Fsp3) is 0. The van der Waals surface area contributed by atoms with Crippen molar-refractivity contribution in [3.63, 3.8) is 0 Å². The van der Waals surface area contributed by atoms with E-state index in [0.717, 1.165) is 0 Å². The molecule has 0 fully saturated rings. The summed E-state index contributed by atoms with van der Waals surface area (Å²) in [5.41, 5.74) is 0. The first kappa shape index (κ1) is 16.5. The van der Waals surface area contributed by atoms with Gasteiger partial charge in [0.2, 0.25) is 0 Å². The Kier molecular flexibility index (Phi) is 66.8. The summed E-state index contributed by atoms with van der Waals surface area (Å²) in [6.45, 7) is 0. The lowest BCUT2D eigenvalue weighted by Crippen LogP contribution is -1.18. The Bertz CT molecular complexity index is 48.5. The highest BCUT2D eigenvalue weighted by atomic mass is 35.6. The molecule has 0 radical (unpaired) electrons. The zero-order valence-electron chi connectivity index (χ0n) is 3.55. The third kappa shape index (κ3) is 523. The third-order valence-corrected chi connectivity index (χ3v) is 0. The second-order valence-electron chi connectivity index (χ2n) is 0.185. The Morgan fingerprint density at radius 2 is 0.889 bits per heavy atom. The number of halogens is 4. The summed E-state index contributed by atoms with van der Waals surface area (Å²) >= 11 is 16.3. The van der Waals surface area contributed by atoms with Crippen molar-refractivity contribution in [3.8, 4) is 0 Å². The molecule has 0 saturated carbocycles. The van der Waals surface area contributed by atoms with Crippen LogP contribution in [0.4, 0.5) is 0 Å². The van der Waals surface area contributed by atoms with Crippen LogP contribution >= 0.6 is 47.5 Å². The smallest absolute Gasteiger partial charge is 0.168 e. The lowest BCUT2D eigenvalue weighted by molar-refractivity contribution is 0.630. The maximum absolute atomic E-state index is 8.29. The highest BCUT2D eigenvalue weighted by molar-refractivity contribution is 7.51. The van der Waals surface area contributed by atoms with E-state index < -0.39 is 11.6 Å². The van der Waals surface area contributed by atoms with E-state index in [0.29, 0.717) is 0 Å². The number of hydrogen-bond donors (Lipinski definition) is 0. The van der Waals surface area contributed by atoms with Crippen molar-refractivity contribution < 1.29 is 16.1 Å². The predicted octanol–water partition coefficient (Wildman–Crippen LogP) is 1.95. The van der Waals surface area contributed by atoms with Gasteiger partial charge in [0, 0.05) is 0 Å². The molecule has 9 heteroatoms. The minimum atomic E-state index is -0.750. The maximum atomic E-state index is 8.29. The molecule has 9 heavy (non-hydrogen) atoms. The van der Waals surface area contributed by atoms with Crippen molar-refractivity contribution in [1.29, 1.82) is 0 Å². The molecular formula is Cl4O4S. The number of rotatable bonds is 0. The minimum absolute atomic E-state index is 0.750. The second kappa shape index (κ2) is 36.5. The average molecular weight is 238 g/mol. The molecule has 0 aromatic rings. The highest BCUT2D eigenvalue weighted by Gasteiger charge is 1.38. The Labute approximate surface area is 75.2 Å². The molecule has 0 aliphatic rings. The van der Waals surface area contributed by atoms with E-state index >= 15 is 0 Å². The molecule has 0 aliphatic carbocycles. The van der Waals surface area contributed by atoms with E-state index in [1.165, 1.54) is 0 Å². The second-order valence-corrected chi connectivity index (χ2v) is 1.25. The first-order chi connectivity index (χ1) is 4.24. The van der Waals surface area contributed by atoms with Gasteiger partial charge in [-0.25, -0.2) is 0 Å². The van der Waals surface area contributed by atoms with Crippen molar-refractivity contribution in [2.75, 3.05) is 0 Å². The first-order valence-electron chi connectivity index (χ1n) is 0.951. The van der Waals surface area contributed by atoms with Crippen LogP contribution in [0, 0.1) is 0 Å². The van der Waals surface area contributed by atoms with Crippen molar-refractivity contribution in [1.82, 2.24) is 0 Å².